The number of aliphatic hydroxyl groups is 1. The van der Waals surface area contributed by atoms with Crippen molar-refractivity contribution in [3.63, 3.8) is 0 Å². The van der Waals surface area contributed by atoms with E-state index in [0.29, 0.717) is 17.7 Å². The summed E-state index contributed by atoms with van der Waals surface area (Å²) in [7, 11) is 0. The molecule has 2 heterocycles. The van der Waals surface area contributed by atoms with Crippen molar-refractivity contribution in [3.8, 4) is 0 Å². The standard InChI is InChI=1S/C25H22N2O2/c1-17-23(19-11-5-7-13-21(19)26-17)25(29)20-12-6-8-14-22(20)27(24(25)28)16-15-18-9-3-2-4-10-18/h2-14,26,29H,15-16H2,1H3/t25-/m1/s1. The number of anilines is 1. The zero-order chi connectivity index (χ0) is 20.0. The van der Waals surface area contributed by atoms with Crippen LogP contribution >= 0.6 is 0 Å². The molecule has 1 amide bonds. The fourth-order valence-corrected chi connectivity index (χ4v) is 4.53. The molecule has 0 unspecified atom stereocenters. The first-order valence-corrected chi connectivity index (χ1v) is 9.86. The van der Waals surface area contributed by atoms with Crippen LogP contribution in [0, 0.1) is 6.92 Å². The van der Waals surface area contributed by atoms with E-state index in [1.54, 1.807) is 4.90 Å². The number of amides is 1. The zero-order valence-corrected chi connectivity index (χ0v) is 16.2. The van der Waals surface area contributed by atoms with Gasteiger partial charge < -0.3 is 15.0 Å². The lowest BCUT2D eigenvalue weighted by Gasteiger charge is -2.24. The first-order valence-electron chi connectivity index (χ1n) is 9.86. The molecular formula is C25H22N2O2. The lowest BCUT2D eigenvalue weighted by atomic mass is 9.85. The maximum atomic E-state index is 13.7. The van der Waals surface area contributed by atoms with Crippen LogP contribution in [-0.4, -0.2) is 22.5 Å². The predicted molar refractivity (Wildman–Crippen MR) is 115 cm³/mol. The molecule has 144 valence electrons. The largest absolute Gasteiger partial charge is 0.372 e. The number of aromatic nitrogens is 1. The maximum absolute atomic E-state index is 13.7. The van der Waals surface area contributed by atoms with Gasteiger partial charge in [-0.2, -0.15) is 0 Å². The van der Waals surface area contributed by atoms with Gasteiger partial charge in [-0.3, -0.25) is 4.79 Å². The van der Waals surface area contributed by atoms with Gasteiger partial charge in [0.15, 0.2) is 5.60 Å². The lowest BCUT2D eigenvalue weighted by molar-refractivity contribution is -0.132. The van der Waals surface area contributed by atoms with Crippen molar-refractivity contribution < 1.29 is 9.90 Å². The van der Waals surface area contributed by atoms with Gasteiger partial charge in [0.1, 0.15) is 0 Å². The molecule has 1 aliphatic heterocycles. The summed E-state index contributed by atoms with van der Waals surface area (Å²) in [4.78, 5) is 18.7. The molecule has 0 bridgehead atoms. The van der Waals surface area contributed by atoms with Gasteiger partial charge in [0.05, 0.1) is 5.69 Å². The summed E-state index contributed by atoms with van der Waals surface area (Å²) in [5, 5.41) is 12.8. The number of aromatic amines is 1. The van der Waals surface area contributed by atoms with Gasteiger partial charge in [-0.25, -0.2) is 0 Å². The number of fused-ring (bicyclic) bond motifs is 2. The van der Waals surface area contributed by atoms with Crippen molar-refractivity contribution in [1.82, 2.24) is 4.98 Å². The van der Waals surface area contributed by atoms with E-state index in [4.69, 9.17) is 0 Å². The Labute approximate surface area is 169 Å². The molecule has 1 aromatic heterocycles. The number of aryl methyl sites for hydroxylation is 1. The van der Waals surface area contributed by atoms with Crippen molar-refractivity contribution in [3.05, 3.63) is 101 Å². The van der Waals surface area contributed by atoms with Crippen LogP contribution in [0.15, 0.2) is 78.9 Å². The van der Waals surface area contributed by atoms with Crippen molar-refractivity contribution in [2.45, 2.75) is 18.9 Å². The summed E-state index contributed by atoms with van der Waals surface area (Å²) in [5.41, 5.74) is 3.26. The number of rotatable bonds is 4. The fourth-order valence-electron chi connectivity index (χ4n) is 4.53. The normalized spacial score (nSPS) is 18.4. The van der Waals surface area contributed by atoms with Gasteiger partial charge in [-0.15, -0.1) is 0 Å². The Morgan fingerprint density at radius 1 is 0.931 bits per heavy atom. The number of carbonyl (C=O) groups excluding carboxylic acids is 1. The van der Waals surface area contributed by atoms with E-state index in [2.05, 4.69) is 17.1 Å². The first-order chi connectivity index (χ1) is 14.1. The summed E-state index contributed by atoms with van der Waals surface area (Å²) in [6.45, 7) is 2.43. The highest BCUT2D eigenvalue weighted by Gasteiger charge is 2.52. The Balaban J connectivity index is 1.62. The van der Waals surface area contributed by atoms with Crippen molar-refractivity contribution >= 4 is 22.5 Å². The maximum Gasteiger partial charge on any atom is 0.268 e. The molecule has 2 N–H and O–H groups in total. The quantitative estimate of drug-likeness (QED) is 0.553. The Bertz CT molecular complexity index is 1210. The van der Waals surface area contributed by atoms with Crippen LogP contribution in [0.5, 0.6) is 0 Å². The smallest absolute Gasteiger partial charge is 0.268 e. The van der Waals surface area contributed by atoms with Crippen LogP contribution in [0.3, 0.4) is 0 Å². The Hall–Kier alpha value is -3.37. The molecule has 4 aromatic rings. The van der Waals surface area contributed by atoms with E-state index in [1.807, 2.05) is 73.7 Å². The van der Waals surface area contributed by atoms with Gasteiger partial charge in [0, 0.05) is 34.3 Å². The van der Waals surface area contributed by atoms with E-state index in [-0.39, 0.29) is 5.91 Å². The number of H-pyrrole nitrogens is 1. The van der Waals surface area contributed by atoms with E-state index in [1.165, 1.54) is 0 Å². The highest BCUT2D eigenvalue weighted by Crippen LogP contribution is 2.47. The third-order valence-electron chi connectivity index (χ3n) is 5.86. The van der Waals surface area contributed by atoms with Crippen molar-refractivity contribution in [2.75, 3.05) is 11.4 Å². The molecule has 0 saturated heterocycles. The first kappa shape index (κ1) is 17.7. The third kappa shape index (κ3) is 2.60. The average molecular weight is 382 g/mol. The van der Waals surface area contributed by atoms with E-state index in [9.17, 15) is 9.90 Å². The number of benzene rings is 3. The molecule has 0 radical (unpaired) electrons. The molecule has 4 heteroatoms. The summed E-state index contributed by atoms with van der Waals surface area (Å²) in [5.74, 6) is -0.289. The summed E-state index contributed by atoms with van der Waals surface area (Å²) >= 11 is 0. The van der Waals surface area contributed by atoms with Gasteiger partial charge in [0.2, 0.25) is 0 Å². The van der Waals surface area contributed by atoms with Crippen LogP contribution < -0.4 is 4.90 Å². The molecule has 1 atom stereocenters. The van der Waals surface area contributed by atoms with E-state index >= 15 is 0 Å². The highest BCUT2D eigenvalue weighted by atomic mass is 16.3. The average Bonchev–Trinajstić information content (AvgIpc) is 3.20. The molecule has 1 aliphatic rings. The Morgan fingerprint density at radius 3 is 2.45 bits per heavy atom. The van der Waals surface area contributed by atoms with E-state index in [0.717, 1.165) is 34.3 Å². The van der Waals surface area contributed by atoms with Crippen LogP contribution in [0.1, 0.15) is 22.4 Å². The zero-order valence-electron chi connectivity index (χ0n) is 16.2. The summed E-state index contributed by atoms with van der Waals surface area (Å²) in [6, 6.07) is 25.5. The van der Waals surface area contributed by atoms with Gasteiger partial charge in [0.25, 0.3) is 5.91 Å². The molecule has 0 aliphatic carbocycles. The minimum atomic E-state index is -1.70. The third-order valence-corrected chi connectivity index (χ3v) is 5.86. The molecule has 29 heavy (non-hydrogen) atoms. The highest BCUT2D eigenvalue weighted by molar-refractivity contribution is 6.11. The number of hydrogen-bond donors (Lipinski definition) is 2. The molecule has 5 rings (SSSR count). The minimum absolute atomic E-state index is 0.289. The van der Waals surface area contributed by atoms with Crippen LogP contribution in [-0.2, 0) is 16.8 Å². The van der Waals surface area contributed by atoms with Crippen LogP contribution in [0.2, 0.25) is 0 Å². The molecule has 3 aromatic carbocycles. The van der Waals surface area contributed by atoms with Crippen molar-refractivity contribution in [1.29, 1.82) is 0 Å². The molecule has 4 nitrogen and oxygen atoms in total. The van der Waals surface area contributed by atoms with Gasteiger partial charge in [-0.05, 0) is 31.0 Å². The monoisotopic (exact) mass is 382 g/mol. The summed E-state index contributed by atoms with van der Waals surface area (Å²) < 4.78 is 0. The number of nitrogens with zero attached hydrogens (tertiary/aromatic N) is 1. The predicted octanol–water partition coefficient (Wildman–Crippen LogP) is 4.30. The number of nitrogens with one attached hydrogen (secondary N) is 1. The Morgan fingerprint density at radius 2 is 1.62 bits per heavy atom. The van der Waals surface area contributed by atoms with Crippen molar-refractivity contribution in [2.24, 2.45) is 0 Å². The lowest BCUT2D eigenvalue weighted by Crippen LogP contribution is -2.42. The van der Waals surface area contributed by atoms with Gasteiger partial charge in [-0.1, -0.05) is 66.7 Å². The number of carbonyl (C=O) groups is 1. The summed E-state index contributed by atoms with van der Waals surface area (Å²) in [6.07, 6.45) is 0.726. The molecule has 0 spiro atoms. The molecule has 0 fully saturated rings. The van der Waals surface area contributed by atoms with Crippen LogP contribution in [0.25, 0.3) is 10.9 Å². The topological polar surface area (TPSA) is 56.3 Å². The van der Waals surface area contributed by atoms with E-state index < -0.39 is 5.60 Å². The second-order valence-electron chi connectivity index (χ2n) is 7.59. The van der Waals surface area contributed by atoms with Gasteiger partial charge >= 0.3 is 0 Å². The molecular weight excluding hydrogens is 360 g/mol. The second kappa shape index (κ2) is 6.61. The SMILES string of the molecule is Cc1[nH]c2ccccc2c1[C@@]1(O)C(=O)N(CCc2ccccc2)c2ccccc21. The Kier molecular flexibility index (Phi) is 4.03. The van der Waals surface area contributed by atoms with Crippen LogP contribution in [0.4, 0.5) is 5.69 Å². The fraction of sp³-hybridized carbons (Fsp3) is 0.160. The minimum Gasteiger partial charge on any atom is -0.372 e. The second-order valence-corrected chi connectivity index (χ2v) is 7.59. The molecule has 0 saturated carbocycles. The number of para-hydroxylation sites is 2. The number of hydrogen-bond acceptors (Lipinski definition) is 2.